The Hall–Kier alpha value is -6.38. The number of anilines is 2. The van der Waals surface area contributed by atoms with Crippen LogP contribution in [0.5, 0.6) is 0 Å². The Bertz CT molecular complexity index is 2460. The summed E-state index contributed by atoms with van der Waals surface area (Å²) in [5, 5.41) is 1.26. The molecule has 2 heteroatoms. The zero-order valence-corrected chi connectivity index (χ0v) is 28.7. The zero-order chi connectivity index (χ0) is 34.3. The van der Waals surface area contributed by atoms with Crippen LogP contribution in [-0.4, -0.2) is 4.57 Å². The van der Waals surface area contributed by atoms with Crippen LogP contribution in [0.4, 0.5) is 11.4 Å². The summed E-state index contributed by atoms with van der Waals surface area (Å²) in [4.78, 5) is 2.26. The van der Waals surface area contributed by atoms with Gasteiger partial charge < -0.3 is 9.47 Å². The maximum Gasteiger partial charge on any atom is 0.0538 e. The Morgan fingerprint density at radius 1 is 0.588 bits per heavy atom. The monoisotopic (exact) mass is 654 g/mol. The lowest BCUT2D eigenvalue weighted by molar-refractivity contribution is 0.723. The quantitative estimate of drug-likeness (QED) is 0.179. The van der Waals surface area contributed by atoms with E-state index in [1.807, 2.05) is 0 Å². The molecule has 0 saturated heterocycles. The van der Waals surface area contributed by atoms with E-state index >= 15 is 0 Å². The number of benzene rings is 6. The van der Waals surface area contributed by atoms with Crippen LogP contribution < -0.4 is 4.90 Å². The first-order valence-electron chi connectivity index (χ1n) is 17.8. The zero-order valence-electron chi connectivity index (χ0n) is 28.7. The molecule has 0 saturated carbocycles. The second-order valence-electron chi connectivity index (χ2n) is 13.6. The van der Waals surface area contributed by atoms with Crippen LogP contribution in [0.3, 0.4) is 0 Å². The van der Waals surface area contributed by atoms with Gasteiger partial charge in [0.2, 0.25) is 0 Å². The number of aromatic nitrogens is 1. The summed E-state index contributed by atoms with van der Waals surface area (Å²) in [5.41, 5.74) is 16.6. The summed E-state index contributed by atoms with van der Waals surface area (Å²) in [5.74, 6) is 0.373. The van der Waals surface area contributed by atoms with Crippen LogP contribution in [0.15, 0.2) is 183 Å². The van der Waals surface area contributed by atoms with E-state index in [-0.39, 0.29) is 0 Å². The predicted molar refractivity (Wildman–Crippen MR) is 217 cm³/mol. The molecular weight excluding hydrogens is 617 g/mol. The number of para-hydroxylation sites is 2. The summed E-state index contributed by atoms with van der Waals surface area (Å²) in [6, 6.07) is 54.6. The van der Waals surface area contributed by atoms with Crippen molar-refractivity contribution in [1.82, 2.24) is 4.57 Å². The molecule has 9 rings (SSSR count). The highest BCUT2D eigenvalue weighted by Gasteiger charge is 2.25. The minimum absolute atomic E-state index is 0.373. The fourth-order valence-corrected chi connectivity index (χ4v) is 7.79. The van der Waals surface area contributed by atoms with E-state index in [4.69, 9.17) is 0 Å². The Morgan fingerprint density at radius 2 is 1.24 bits per heavy atom. The maximum absolute atomic E-state index is 4.56. The lowest BCUT2D eigenvalue weighted by Gasteiger charge is -2.26. The number of fused-ring (bicyclic) bond motifs is 4. The maximum atomic E-state index is 4.56. The smallest absolute Gasteiger partial charge is 0.0538 e. The van der Waals surface area contributed by atoms with Gasteiger partial charge in [-0.3, -0.25) is 0 Å². The van der Waals surface area contributed by atoms with Gasteiger partial charge in [-0.1, -0.05) is 129 Å². The number of hydrogen-bond donors (Lipinski definition) is 0. The van der Waals surface area contributed by atoms with Gasteiger partial charge in [-0.15, -0.1) is 0 Å². The van der Waals surface area contributed by atoms with Crippen LogP contribution in [0.2, 0.25) is 0 Å². The summed E-state index contributed by atoms with van der Waals surface area (Å²) >= 11 is 0. The molecule has 6 aromatic carbocycles. The minimum atomic E-state index is 0.373. The van der Waals surface area contributed by atoms with Crippen molar-refractivity contribution in [1.29, 1.82) is 0 Å². The van der Waals surface area contributed by atoms with Gasteiger partial charge in [0.1, 0.15) is 0 Å². The number of nitrogens with zero attached hydrogens (tertiary/aromatic N) is 2. The molecule has 0 N–H and O–H groups in total. The van der Waals surface area contributed by atoms with Gasteiger partial charge in [0, 0.05) is 45.7 Å². The Kier molecular flexibility index (Phi) is 7.71. The van der Waals surface area contributed by atoms with Crippen molar-refractivity contribution in [3.63, 3.8) is 0 Å². The minimum Gasteiger partial charge on any atom is -0.317 e. The molecule has 1 aromatic heterocycles. The van der Waals surface area contributed by atoms with Gasteiger partial charge in [-0.05, 0) is 106 Å². The van der Waals surface area contributed by atoms with Crippen LogP contribution in [-0.2, 0) is 0 Å². The van der Waals surface area contributed by atoms with Crippen molar-refractivity contribution in [3.05, 3.63) is 205 Å². The molecule has 1 unspecified atom stereocenters. The van der Waals surface area contributed by atoms with E-state index < -0.39 is 0 Å². The molecule has 2 nitrogen and oxygen atoms in total. The molecule has 1 aliphatic heterocycles. The predicted octanol–water partition coefficient (Wildman–Crippen LogP) is 13.2. The van der Waals surface area contributed by atoms with E-state index in [9.17, 15) is 0 Å². The molecule has 51 heavy (non-hydrogen) atoms. The lowest BCUT2D eigenvalue weighted by atomic mass is 9.92. The van der Waals surface area contributed by atoms with Crippen molar-refractivity contribution in [2.45, 2.75) is 19.3 Å². The molecule has 1 atom stereocenters. The summed E-state index contributed by atoms with van der Waals surface area (Å²) in [7, 11) is 0. The molecule has 7 aromatic rings. The van der Waals surface area contributed by atoms with Crippen LogP contribution in [0.1, 0.15) is 41.6 Å². The Labute approximate surface area is 300 Å². The molecule has 2 aliphatic rings. The molecule has 0 radical (unpaired) electrons. The average molecular weight is 655 g/mol. The number of hydrogen-bond acceptors (Lipinski definition) is 1. The van der Waals surface area contributed by atoms with E-state index in [1.54, 1.807) is 0 Å². The van der Waals surface area contributed by atoms with E-state index in [0.29, 0.717) is 5.92 Å². The first kappa shape index (κ1) is 30.7. The third-order valence-corrected chi connectivity index (χ3v) is 10.3. The molecule has 0 bridgehead atoms. The Morgan fingerprint density at radius 3 is 1.94 bits per heavy atom. The van der Waals surface area contributed by atoms with Crippen molar-refractivity contribution in [3.8, 4) is 27.9 Å². The fourth-order valence-electron chi connectivity index (χ4n) is 7.79. The van der Waals surface area contributed by atoms with E-state index in [2.05, 4.69) is 205 Å². The van der Waals surface area contributed by atoms with Crippen molar-refractivity contribution < 1.29 is 0 Å². The van der Waals surface area contributed by atoms with Crippen molar-refractivity contribution in [2.24, 2.45) is 0 Å². The molecule has 244 valence electrons. The van der Waals surface area contributed by atoms with Crippen molar-refractivity contribution in [2.75, 3.05) is 4.90 Å². The summed E-state index contributed by atoms with van der Waals surface area (Å²) in [6.45, 7) is 6.92. The highest BCUT2D eigenvalue weighted by atomic mass is 15.1. The van der Waals surface area contributed by atoms with E-state index in [1.165, 1.54) is 55.7 Å². The largest absolute Gasteiger partial charge is 0.317 e. The van der Waals surface area contributed by atoms with Gasteiger partial charge >= 0.3 is 0 Å². The van der Waals surface area contributed by atoms with Gasteiger partial charge in [0.25, 0.3) is 0 Å². The van der Waals surface area contributed by atoms with Crippen molar-refractivity contribution >= 4 is 39.5 Å². The average Bonchev–Trinajstić information content (AvgIpc) is 3.53. The van der Waals surface area contributed by atoms with Crippen LogP contribution >= 0.6 is 0 Å². The van der Waals surface area contributed by atoms with Gasteiger partial charge in [-0.2, -0.15) is 0 Å². The summed E-state index contributed by atoms with van der Waals surface area (Å²) in [6.07, 6.45) is 12.3. The van der Waals surface area contributed by atoms with Gasteiger partial charge in [0.05, 0.1) is 11.2 Å². The fraction of sp³-hybridized carbons (Fsp3) is 0.0612. The first-order valence-corrected chi connectivity index (χ1v) is 17.8. The normalized spacial score (nSPS) is 16.9. The molecule has 0 fully saturated rings. The highest BCUT2D eigenvalue weighted by molar-refractivity contribution is 5.99. The summed E-state index contributed by atoms with van der Waals surface area (Å²) < 4.78 is 2.52. The topological polar surface area (TPSA) is 8.17 Å². The standard InChI is InChI=1S/C49H38N2/c1-34-15-14-23-45-46-33-38(39-27-28-50(42-20-10-5-11-21-42)47-24-13-12-22-44(47)35(2)29-39)25-26-48(46)51(49(34)45)43-31-40(36-16-6-3-7-17-36)30-41(32-43)37-18-8-4-9-19-37/h3-14,16-34H,2,15H2,1H3/b28-27-,39-29+. The lowest BCUT2D eigenvalue weighted by Crippen LogP contribution is -2.11. The van der Waals surface area contributed by atoms with Gasteiger partial charge in [0.15, 0.2) is 0 Å². The first-order chi connectivity index (χ1) is 25.1. The van der Waals surface area contributed by atoms with Crippen LogP contribution in [0, 0.1) is 0 Å². The highest BCUT2D eigenvalue weighted by Crippen LogP contribution is 2.43. The number of allylic oxidation sites excluding steroid dienone is 5. The number of rotatable bonds is 5. The molecule has 1 aliphatic carbocycles. The molecule has 0 spiro atoms. The Balaban J connectivity index is 1.23. The third-order valence-electron chi connectivity index (χ3n) is 10.3. The van der Waals surface area contributed by atoms with Gasteiger partial charge in [-0.25, -0.2) is 0 Å². The molecule has 0 amide bonds. The van der Waals surface area contributed by atoms with E-state index in [0.717, 1.165) is 34.5 Å². The van der Waals surface area contributed by atoms with Crippen LogP contribution in [0.25, 0.3) is 56.1 Å². The third kappa shape index (κ3) is 5.56. The second kappa shape index (κ2) is 12.8. The molecular formula is C49H38N2. The SMILES string of the molecule is C=C1/C=C(c2ccc3c(c2)c2c(n3-c3cc(-c4ccccc4)cc(-c4ccccc4)c3)C(C)CC=C2)\C=C/N(c2ccccc2)c2ccccc21. The second-order valence-corrected chi connectivity index (χ2v) is 13.6. The molecule has 2 heterocycles.